The first-order valence-corrected chi connectivity index (χ1v) is 12.7. The monoisotopic (exact) mass is 480 g/mol. The van der Waals surface area contributed by atoms with Crippen LogP contribution in [0.15, 0.2) is 48.0 Å². The molecule has 0 unspecified atom stereocenters. The number of piperazine rings is 1. The molecule has 6 nitrogen and oxygen atoms in total. The van der Waals surface area contributed by atoms with Gasteiger partial charge in [-0.05, 0) is 66.2 Å². The molecule has 1 N–H and O–H groups in total. The van der Waals surface area contributed by atoms with E-state index in [0.717, 1.165) is 73.0 Å². The lowest BCUT2D eigenvalue weighted by Gasteiger charge is -2.36. The van der Waals surface area contributed by atoms with Crippen LogP contribution in [-0.4, -0.2) is 81.7 Å². The Balaban J connectivity index is 1.43. The minimum absolute atomic E-state index is 0.0801. The molecule has 0 spiro atoms. The second-order valence-corrected chi connectivity index (χ2v) is 9.12. The van der Waals surface area contributed by atoms with Crippen LogP contribution in [0.2, 0.25) is 0 Å². The zero-order valence-corrected chi connectivity index (χ0v) is 21.1. The van der Waals surface area contributed by atoms with Gasteiger partial charge in [0, 0.05) is 63.5 Å². The number of carbonyl (C=O) groups excluding carboxylic acids is 1. The Morgan fingerprint density at radius 1 is 1.06 bits per heavy atom. The summed E-state index contributed by atoms with van der Waals surface area (Å²) in [6, 6.07) is 12.9. The molecule has 2 aliphatic rings. The number of rotatable bonds is 10. The summed E-state index contributed by atoms with van der Waals surface area (Å²) in [7, 11) is 1.67. The van der Waals surface area contributed by atoms with Crippen molar-refractivity contribution in [2.24, 2.45) is 0 Å². The van der Waals surface area contributed by atoms with Gasteiger partial charge in [-0.25, -0.2) is 4.39 Å². The lowest BCUT2D eigenvalue weighted by atomic mass is 10.0. The zero-order valence-electron chi connectivity index (χ0n) is 21.1. The molecule has 0 radical (unpaired) electrons. The zero-order chi connectivity index (χ0) is 24.8. The van der Waals surface area contributed by atoms with Gasteiger partial charge in [-0.1, -0.05) is 19.9 Å². The van der Waals surface area contributed by atoms with Gasteiger partial charge in [-0.15, -0.1) is 0 Å². The number of nitrogens with zero attached hydrogens (tertiary/aromatic N) is 3. The number of halogens is 1. The summed E-state index contributed by atoms with van der Waals surface area (Å²) >= 11 is 0. The highest BCUT2D eigenvalue weighted by atomic mass is 19.1. The van der Waals surface area contributed by atoms with Gasteiger partial charge in [0.2, 0.25) is 0 Å². The van der Waals surface area contributed by atoms with Crippen LogP contribution in [0.4, 0.5) is 10.1 Å². The van der Waals surface area contributed by atoms with E-state index in [-0.39, 0.29) is 11.7 Å². The number of carbonyl (C=O) groups is 1. The highest BCUT2D eigenvalue weighted by molar-refractivity contribution is 6.04. The van der Waals surface area contributed by atoms with Crippen LogP contribution in [0.5, 0.6) is 5.75 Å². The van der Waals surface area contributed by atoms with E-state index in [1.165, 1.54) is 6.07 Å². The average Bonchev–Trinajstić information content (AvgIpc) is 3.26. The highest BCUT2D eigenvalue weighted by Crippen LogP contribution is 2.34. The van der Waals surface area contributed by atoms with Gasteiger partial charge in [0.15, 0.2) is 0 Å². The van der Waals surface area contributed by atoms with Crippen LogP contribution in [0.3, 0.4) is 0 Å². The third-order valence-electron chi connectivity index (χ3n) is 7.19. The molecule has 1 amide bonds. The quantitative estimate of drug-likeness (QED) is 0.528. The maximum atomic E-state index is 14.1. The Hall–Kier alpha value is -2.90. The molecule has 2 aromatic carbocycles. The summed E-state index contributed by atoms with van der Waals surface area (Å²) in [4.78, 5) is 20.2. The third-order valence-corrected chi connectivity index (χ3v) is 7.19. The van der Waals surface area contributed by atoms with E-state index in [1.807, 2.05) is 23.1 Å². The molecular formula is C28H37FN4O2. The Morgan fingerprint density at radius 2 is 1.77 bits per heavy atom. The van der Waals surface area contributed by atoms with Crippen molar-refractivity contribution in [1.29, 1.82) is 0 Å². The van der Waals surface area contributed by atoms with Gasteiger partial charge in [-0.2, -0.15) is 0 Å². The molecule has 0 bridgehead atoms. The normalized spacial score (nSPS) is 15.7. The molecule has 188 valence electrons. The molecular weight excluding hydrogens is 443 g/mol. The number of hydrogen-bond donors (Lipinski definition) is 1. The number of benzene rings is 2. The Kier molecular flexibility index (Phi) is 8.42. The number of fused-ring (bicyclic) bond motifs is 1. The van der Waals surface area contributed by atoms with Crippen LogP contribution in [0, 0.1) is 5.82 Å². The third kappa shape index (κ3) is 5.85. The van der Waals surface area contributed by atoms with Crippen LogP contribution in [0.25, 0.3) is 5.57 Å². The summed E-state index contributed by atoms with van der Waals surface area (Å²) in [5, 5.41) is 3.50. The molecule has 1 aliphatic heterocycles. The molecule has 0 atom stereocenters. The summed E-state index contributed by atoms with van der Waals surface area (Å²) < 4.78 is 19.4. The first kappa shape index (κ1) is 25.2. The van der Waals surface area contributed by atoms with Gasteiger partial charge in [0.05, 0.1) is 7.11 Å². The maximum absolute atomic E-state index is 14.1. The Labute approximate surface area is 208 Å². The summed E-state index contributed by atoms with van der Waals surface area (Å²) in [5.41, 5.74) is 4.80. The van der Waals surface area contributed by atoms with Crippen LogP contribution >= 0.6 is 0 Å². The predicted molar refractivity (Wildman–Crippen MR) is 139 cm³/mol. The highest BCUT2D eigenvalue weighted by Gasteiger charge is 2.31. The van der Waals surface area contributed by atoms with Crippen molar-refractivity contribution in [2.45, 2.75) is 20.3 Å². The topological polar surface area (TPSA) is 48.1 Å². The van der Waals surface area contributed by atoms with Crippen LogP contribution in [0.1, 0.15) is 25.0 Å². The van der Waals surface area contributed by atoms with E-state index in [2.05, 4.69) is 41.1 Å². The van der Waals surface area contributed by atoms with Crippen molar-refractivity contribution in [2.75, 3.05) is 70.9 Å². The Bertz CT molecular complexity index is 1040. The van der Waals surface area contributed by atoms with Gasteiger partial charge in [0.25, 0.3) is 5.91 Å². The number of ether oxygens (including phenoxy) is 1. The second kappa shape index (κ2) is 11.7. The van der Waals surface area contributed by atoms with E-state index >= 15 is 0 Å². The van der Waals surface area contributed by atoms with Crippen LogP contribution in [-0.2, 0) is 11.2 Å². The molecule has 1 aliphatic carbocycles. The molecule has 2 aromatic rings. The van der Waals surface area contributed by atoms with Crippen molar-refractivity contribution < 1.29 is 13.9 Å². The fourth-order valence-corrected chi connectivity index (χ4v) is 4.99. The van der Waals surface area contributed by atoms with Crippen molar-refractivity contribution in [3.63, 3.8) is 0 Å². The molecule has 1 fully saturated rings. The molecule has 0 aromatic heterocycles. The molecule has 1 heterocycles. The lowest BCUT2D eigenvalue weighted by Crippen LogP contribution is -2.49. The van der Waals surface area contributed by atoms with Gasteiger partial charge in [-0.3, -0.25) is 4.79 Å². The molecule has 35 heavy (non-hydrogen) atoms. The fourth-order valence-electron chi connectivity index (χ4n) is 4.99. The lowest BCUT2D eigenvalue weighted by molar-refractivity contribution is -0.127. The van der Waals surface area contributed by atoms with Gasteiger partial charge < -0.3 is 24.8 Å². The first-order chi connectivity index (χ1) is 17.0. The summed E-state index contributed by atoms with van der Waals surface area (Å²) in [6.45, 7) is 11.6. The average molecular weight is 481 g/mol. The van der Waals surface area contributed by atoms with Crippen molar-refractivity contribution >= 4 is 17.2 Å². The first-order valence-electron chi connectivity index (χ1n) is 12.7. The second-order valence-electron chi connectivity index (χ2n) is 9.12. The summed E-state index contributed by atoms with van der Waals surface area (Å²) in [6.07, 6.45) is 0.570. The van der Waals surface area contributed by atoms with Gasteiger partial charge >= 0.3 is 0 Å². The number of hydrogen-bond acceptors (Lipinski definition) is 5. The molecule has 7 heteroatoms. The van der Waals surface area contributed by atoms with E-state index in [0.29, 0.717) is 26.1 Å². The minimum atomic E-state index is -0.258. The van der Waals surface area contributed by atoms with Crippen molar-refractivity contribution in [1.82, 2.24) is 15.1 Å². The predicted octanol–water partition coefficient (Wildman–Crippen LogP) is 3.42. The van der Waals surface area contributed by atoms with E-state index in [4.69, 9.17) is 4.74 Å². The van der Waals surface area contributed by atoms with E-state index in [9.17, 15) is 9.18 Å². The Morgan fingerprint density at radius 3 is 2.43 bits per heavy atom. The van der Waals surface area contributed by atoms with Gasteiger partial charge in [0.1, 0.15) is 11.6 Å². The number of amides is 1. The smallest absolute Gasteiger partial charge is 0.250 e. The van der Waals surface area contributed by atoms with Crippen molar-refractivity contribution in [3.8, 4) is 5.75 Å². The standard InChI is InChI=1S/C28H37FN4O2/c1-4-31(5-2)13-12-30-20-27-25-19-22(29)7-6-21(25)18-26(27)28(34)33-16-14-32(15-17-33)23-8-10-24(35-3)11-9-23/h6-11,19,30H,4-5,12-18,20H2,1-3H3. The molecule has 4 rings (SSSR count). The fraction of sp³-hybridized carbons (Fsp3) is 0.464. The molecule has 1 saturated heterocycles. The molecule has 0 saturated carbocycles. The van der Waals surface area contributed by atoms with Crippen LogP contribution < -0.4 is 15.0 Å². The maximum Gasteiger partial charge on any atom is 0.250 e. The van der Waals surface area contributed by atoms with Crippen molar-refractivity contribution in [3.05, 3.63) is 65.0 Å². The van der Waals surface area contributed by atoms with E-state index < -0.39 is 0 Å². The number of anilines is 1. The number of likely N-dealkylation sites (N-methyl/N-ethyl adjacent to an activating group) is 1. The minimum Gasteiger partial charge on any atom is -0.497 e. The largest absolute Gasteiger partial charge is 0.497 e. The number of nitrogens with one attached hydrogen (secondary N) is 1. The summed E-state index contributed by atoms with van der Waals surface area (Å²) in [5.74, 6) is 0.660. The SMILES string of the molecule is CCN(CC)CCNCC1=C(C(=O)N2CCN(c3ccc(OC)cc3)CC2)Cc2ccc(F)cc21. The van der Waals surface area contributed by atoms with E-state index in [1.54, 1.807) is 13.2 Å². The number of methoxy groups -OCH3 is 1.